The summed E-state index contributed by atoms with van der Waals surface area (Å²) in [6.45, 7) is 3.85. The Labute approximate surface area is 116 Å². The van der Waals surface area contributed by atoms with Gasteiger partial charge in [-0.2, -0.15) is 0 Å². The normalized spacial score (nSPS) is 11.2. The molecule has 0 radical (unpaired) electrons. The van der Waals surface area contributed by atoms with Crippen LogP contribution in [0.1, 0.15) is 18.1 Å². The van der Waals surface area contributed by atoms with Gasteiger partial charge in [0.05, 0.1) is 11.0 Å². The van der Waals surface area contributed by atoms with E-state index in [4.69, 9.17) is 5.73 Å². The van der Waals surface area contributed by atoms with Crippen molar-refractivity contribution in [1.82, 2.24) is 9.55 Å². The SMILES string of the molecule is CCc1cccc(-n2c(N)nc3cc(F)c(C)cc32)c1. The van der Waals surface area contributed by atoms with Gasteiger partial charge in [0.2, 0.25) is 5.95 Å². The van der Waals surface area contributed by atoms with Crippen LogP contribution in [0.25, 0.3) is 16.7 Å². The Kier molecular flexibility index (Phi) is 2.93. The zero-order valence-electron chi connectivity index (χ0n) is 11.5. The smallest absolute Gasteiger partial charge is 0.205 e. The highest BCUT2D eigenvalue weighted by Crippen LogP contribution is 2.25. The first-order valence-electron chi connectivity index (χ1n) is 6.63. The standard InChI is InChI=1S/C16H16FN3/c1-3-11-5-4-6-12(8-11)20-15-7-10(2)13(17)9-14(15)19-16(20)18/h4-9H,3H2,1-2H3,(H2,18,19). The molecule has 0 bridgehead atoms. The molecule has 102 valence electrons. The van der Waals surface area contributed by atoms with Gasteiger partial charge in [0.25, 0.3) is 0 Å². The molecular formula is C16H16FN3. The molecule has 1 heterocycles. The number of hydrogen-bond acceptors (Lipinski definition) is 2. The highest BCUT2D eigenvalue weighted by molar-refractivity contribution is 5.81. The average molecular weight is 269 g/mol. The topological polar surface area (TPSA) is 43.8 Å². The number of nitrogens with zero attached hydrogens (tertiary/aromatic N) is 2. The maximum atomic E-state index is 13.6. The minimum Gasteiger partial charge on any atom is -0.369 e. The minimum atomic E-state index is -0.260. The first-order chi connectivity index (χ1) is 9.60. The molecule has 0 unspecified atom stereocenters. The third-order valence-corrected chi connectivity index (χ3v) is 3.54. The van der Waals surface area contributed by atoms with Crippen molar-refractivity contribution in [2.45, 2.75) is 20.3 Å². The molecule has 0 aliphatic rings. The molecule has 0 saturated carbocycles. The molecule has 20 heavy (non-hydrogen) atoms. The van der Waals surface area contributed by atoms with Crippen LogP contribution in [0.2, 0.25) is 0 Å². The average Bonchev–Trinajstić information content (AvgIpc) is 2.74. The number of aryl methyl sites for hydroxylation is 2. The van der Waals surface area contributed by atoms with Gasteiger partial charge in [0, 0.05) is 11.8 Å². The summed E-state index contributed by atoms with van der Waals surface area (Å²) < 4.78 is 15.5. The molecule has 0 spiro atoms. The van der Waals surface area contributed by atoms with Crippen LogP contribution in [-0.4, -0.2) is 9.55 Å². The van der Waals surface area contributed by atoms with Gasteiger partial charge in [-0.3, -0.25) is 4.57 Å². The van der Waals surface area contributed by atoms with Crippen LogP contribution in [0.15, 0.2) is 36.4 Å². The van der Waals surface area contributed by atoms with Gasteiger partial charge < -0.3 is 5.73 Å². The second-order valence-electron chi connectivity index (χ2n) is 4.92. The number of benzene rings is 2. The zero-order chi connectivity index (χ0) is 14.3. The van der Waals surface area contributed by atoms with E-state index in [0.29, 0.717) is 17.0 Å². The number of fused-ring (bicyclic) bond motifs is 1. The fourth-order valence-electron chi connectivity index (χ4n) is 2.41. The Morgan fingerprint density at radius 3 is 2.80 bits per heavy atom. The molecule has 1 aromatic heterocycles. The van der Waals surface area contributed by atoms with Crippen LogP contribution in [0.5, 0.6) is 0 Å². The molecule has 0 aliphatic heterocycles. The Balaban J connectivity index is 2.29. The second kappa shape index (κ2) is 4.63. The molecule has 0 aliphatic carbocycles. The van der Waals surface area contributed by atoms with Crippen molar-refractivity contribution in [1.29, 1.82) is 0 Å². The lowest BCUT2D eigenvalue weighted by molar-refractivity contribution is 0.620. The van der Waals surface area contributed by atoms with Crippen LogP contribution in [-0.2, 0) is 6.42 Å². The van der Waals surface area contributed by atoms with Crippen LogP contribution in [0.3, 0.4) is 0 Å². The summed E-state index contributed by atoms with van der Waals surface area (Å²) in [5.41, 5.74) is 10.2. The van der Waals surface area contributed by atoms with E-state index in [-0.39, 0.29) is 5.82 Å². The summed E-state index contributed by atoms with van der Waals surface area (Å²) in [5.74, 6) is 0.114. The Morgan fingerprint density at radius 2 is 2.05 bits per heavy atom. The maximum absolute atomic E-state index is 13.6. The van der Waals surface area contributed by atoms with Gasteiger partial charge in [-0.25, -0.2) is 9.37 Å². The predicted octanol–water partition coefficient (Wildman–Crippen LogP) is 3.62. The summed E-state index contributed by atoms with van der Waals surface area (Å²) in [6, 6.07) is 11.3. The Morgan fingerprint density at radius 1 is 1.25 bits per heavy atom. The summed E-state index contributed by atoms with van der Waals surface area (Å²) >= 11 is 0. The van der Waals surface area contributed by atoms with Gasteiger partial charge in [0.15, 0.2) is 0 Å². The quantitative estimate of drug-likeness (QED) is 0.772. The van der Waals surface area contributed by atoms with Crippen molar-refractivity contribution in [3.8, 4) is 5.69 Å². The molecule has 0 amide bonds. The van der Waals surface area contributed by atoms with Gasteiger partial charge in [0.1, 0.15) is 5.82 Å². The van der Waals surface area contributed by atoms with E-state index in [9.17, 15) is 4.39 Å². The fourth-order valence-corrected chi connectivity index (χ4v) is 2.41. The van der Waals surface area contributed by atoms with Gasteiger partial charge in [-0.05, 0) is 42.7 Å². The van der Waals surface area contributed by atoms with Crippen molar-refractivity contribution in [2.75, 3.05) is 5.73 Å². The summed E-state index contributed by atoms with van der Waals surface area (Å²) in [4.78, 5) is 4.25. The number of imidazole rings is 1. The molecule has 3 nitrogen and oxygen atoms in total. The van der Waals surface area contributed by atoms with Crippen molar-refractivity contribution in [3.63, 3.8) is 0 Å². The lowest BCUT2D eigenvalue weighted by Crippen LogP contribution is -2.01. The van der Waals surface area contributed by atoms with E-state index in [1.807, 2.05) is 16.7 Å². The van der Waals surface area contributed by atoms with Crippen molar-refractivity contribution in [2.24, 2.45) is 0 Å². The highest BCUT2D eigenvalue weighted by Gasteiger charge is 2.12. The van der Waals surface area contributed by atoms with E-state index < -0.39 is 0 Å². The lowest BCUT2D eigenvalue weighted by Gasteiger charge is -2.08. The number of nitrogen functional groups attached to an aromatic ring is 1. The fraction of sp³-hybridized carbons (Fsp3) is 0.188. The maximum Gasteiger partial charge on any atom is 0.205 e. The largest absolute Gasteiger partial charge is 0.369 e. The number of nitrogens with two attached hydrogens (primary N) is 1. The molecule has 0 fully saturated rings. The molecule has 3 rings (SSSR count). The summed E-state index contributed by atoms with van der Waals surface area (Å²) in [7, 11) is 0. The Hall–Kier alpha value is -2.36. The summed E-state index contributed by atoms with van der Waals surface area (Å²) in [6.07, 6.45) is 0.952. The number of hydrogen-bond donors (Lipinski definition) is 1. The van der Waals surface area contributed by atoms with Crippen LogP contribution >= 0.6 is 0 Å². The van der Waals surface area contributed by atoms with E-state index >= 15 is 0 Å². The molecule has 4 heteroatoms. The number of aromatic nitrogens is 2. The molecule has 0 atom stereocenters. The van der Waals surface area contributed by atoms with Gasteiger partial charge in [-0.1, -0.05) is 19.1 Å². The van der Waals surface area contributed by atoms with E-state index in [1.54, 1.807) is 13.0 Å². The van der Waals surface area contributed by atoms with E-state index in [1.165, 1.54) is 11.6 Å². The van der Waals surface area contributed by atoms with Crippen LogP contribution < -0.4 is 5.73 Å². The van der Waals surface area contributed by atoms with Gasteiger partial charge in [-0.15, -0.1) is 0 Å². The summed E-state index contributed by atoms with van der Waals surface area (Å²) in [5, 5.41) is 0. The lowest BCUT2D eigenvalue weighted by atomic mass is 10.1. The molecule has 2 aromatic carbocycles. The third-order valence-electron chi connectivity index (χ3n) is 3.54. The number of rotatable bonds is 2. The van der Waals surface area contributed by atoms with Crippen molar-refractivity contribution in [3.05, 3.63) is 53.3 Å². The van der Waals surface area contributed by atoms with Crippen molar-refractivity contribution < 1.29 is 4.39 Å². The van der Waals surface area contributed by atoms with E-state index in [0.717, 1.165) is 17.6 Å². The van der Waals surface area contributed by atoms with Gasteiger partial charge >= 0.3 is 0 Å². The third kappa shape index (κ3) is 1.93. The molecule has 3 aromatic rings. The molecule has 0 saturated heterocycles. The number of halogens is 1. The molecule has 2 N–H and O–H groups in total. The monoisotopic (exact) mass is 269 g/mol. The second-order valence-corrected chi connectivity index (χ2v) is 4.92. The van der Waals surface area contributed by atoms with Crippen molar-refractivity contribution >= 4 is 17.0 Å². The highest BCUT2D eigenvalue weighted by atomic mass is 19.1. The predicted molar refractivity (Wildman–Crippen MR) is 79.6 cm³/mol. The first kappa shape index (κ1) is 12.7. The van der Waals surface area contributed by atoms with Crippen LogP contribution in [0.4, 0.5) is 10.3 Å². The Bertz CT molecular complexity index is 790. The van der Waals surface area contributed by atoms with Crippen LogP contribution in [0, 0.1) is 12.7 Å². The zero-order valence-corrected chi connectivity index (χ0v) is 11.5. The molecular weight excluding hydrogens is 253 g/mol. The van der Waals surface area contributed by atoms with E-state index in [2.05, 4.69) is 24.0 Å². The first-order valence-corrected chi connectivity index (χ1v) is 6.63. The minimum absolute atomic E-state index is 0.260. The number of anilines is 1.